The molecule has 1 heterocycles. The molecule has 1 fully saturated rings. The summed E-state index contributed by atoms with van der Waals surface area (Å²) in [5.74, 6) is -0.0133. The molecule has 0 unspecified atom stereocenters. The van der Waals surface area contributed by atoms with E-state index in [1.54, 1.807) is 25.2 Å². The monoisotopic (exact) mass is 337 g/mol. The molecule has 1 aliphatic heterocycles. The highest BCUT2D eigenvalue weighted by molar-refractivity contribution is 5.79. The highest BCUT2D eigenvalue weighted by atomic mass is 16.5. The van der Waals surface area contributed by atoms with Crippen LogP contribution in [-0.4, -0.2) is 59.9 Å². The van der Waals surface area contributed by atoms with E-state index in [9.17, 15) is 14.7 Å². The summed E-state index contributed by atoms with van der Waals surface area (Å²) in [5, 5.41) is 18.9. The predicted molar refractivity (Wildman–Crippen MR) is 86.3 cm³/mol. The lowest BCUT2D eigenvalue weighted by Gasteiger charge is -2.35. The molecule has 7 heteroatoms. The molecule has 0 atom stereocenters. The van der Waals surface area contributed by atoms with Crippen molar-refractivity contribution in [1.29, 1.82) is 0 Å². The van der Waals surface area contributed by atoms with Gasteiger partial charge in [0.15, 0.2) is 17.1 Å². The van der Waals surface area contributed by atoms with Crippen molar-refractivity contribution in [1.82, 2.24) is 4.90 Å². The number of methoxy groups -OCH3 is 2. The Balaban J connectivity index is 1.89. The van der Waals surface area contributed by atoms with E-state index in [0.717, 1.165) is 5.56 Å². The Bertz CT molecular complexity index is 607. The van der Waals surface area contributed by atoms with Crippen LogP contribution in [0.5, 0.6) is 11.5 Å². The second-order valence-electron chi connectivity index (χ2n) is 5.91. The zero-order chi connectivity index (χ0) is 17.7. The summed E-state index contributed by atoms with van der Waals surface area (Å²) in [5.41, 5.74) is -0.750. The Morgan fingerprint density at radius 1 is 1.17 bits per heavy atom. The lowest BCUT2D eigenvalue weighted by Crippen LogP contribution is -2.50. The van der Waals surface area contributed by atoms with Gasteiger partial charge in [-0.25, -0.2) is 4.79 Å². The maximum Gasteiger partial charge on any atom is 0.335 e. The molecule has 0 aromatic heterocycles. The Morgan fingerprint density at radius 2 is 1.79 bits per heavy atom. The zero-order valence-corrected chi connectivity index (χ0v) is 13.9. The topological polar surface area (TPSA) is 96.3 Å². The lowest BCUT2D eigenvalue weighted by molar-refractivity contribution is -0.165. The second-order valence-corrected chi connectivity index (χ2v) is 5.91. The minimum absolute atomic E-state index is 0.0442. The normalized spacial score (nSPS) is 16.5. The van der Waals surface area contributed by atoms with Crippen molar-refractivity contribution in [2.24, 2.45) is 0 Å². The first-order valence-corrected chi connectivity index (χ1v) is 7.84. The molecule has 1 saturated heterocycles. The molecule has 1 aromatic carbocycles. The molecule has 1 amide bonds. The van der Waals surface area contributed by atoms with Crippen molar-refractivity contribution in [3.63, 3.8) is 0 Å². The smallest absolute Gasteiger partial charge is 0.335 e. The third-order valence-electron chi connectivity index (χ3n) is 4.42. The van der Waals surface area contributed by atoms with E-state index in [1.807, 2.05) is 12.1 Å². The Morgan fingerprint density at radius 3 is 2.33 bits per heavy atom. The molecule has 1 aliphatic rings. The molecule has 24 heavy (non-hydrogen) atoms. The van der Waals surface area contributed by atoms with E-state index < -0.39 is 11.6 Å². The number of aliphatic hydroxyl groups is 1. The maximum atomic E-state index is 12.3. The van der Waals surface area contributed by atoms with Gasteiger partial charge in [0.05, 0.1) is 14.2 Å². The van der Waals surface area contributed by atoms with Gasteiger partial charge in [-0.3, -0.25) is 4.79 Å². The SMILES string of the molecule is COc1ccc(CCC(=O)N2CCC(O)(C(=O)O)CC2)cc1OC. The fourth-order valence-electron chi connectivity index (χ4n) is 2.79. The minimum atomic E-state index is -1.71. The molecule has 0 aliphatic carbocycles. The van der Waals surface area contributed by atoms with Crippen LogP contribution in [0.15, 0.2) is 18.2 Å². The van der Waals surface area contributed by atoms with Gasteiger partial charge in [0.1, 0.15) is 0 Å². The number of rotatable bonds is 6. The van der Waals surface area contributed by atoms with Gasteiger partial charge in [-0.1, -0.05) is 6.07 Å². The van der Waals surface area contributed by atoms with Crippen molar-refractivity contribution in [2.75, 3.05) is 27.3 Å². The standard InChI is InChI=1S/C17H23NO6/c1-23-13-5-3-12(11-14(13)24-2)4-6-15(19)18-9-7-17(22,8-10-18)16(20)21/h3,5,11,22H,4,6-10H2,1-2H3,(H,20,21). The van der Waals surface area contributed by atoms with Gasteiger partial charge in [-0.05, 0) is 24.1 Å². The van der Waals surface area contributed by atoms with E-state index in [0.29, 0.717) is 24.3 Å². The average Bonchev–Trinajstić information content (AvgIpc) is 2.59. The fraction of sp³-hybridized carbons (Fsp3) is 0.529. The lowest BCUT2D eigenvalue weighted by atomic mass is 9.91. The van der Waals surface area contributed by atoms with Gasteiger partial charge in [0.25, 0.3) is 0 Å². The summed E-state index contributed by atoms with van der Waals surface area (Å²) in [6.45, 7) is 0.515. The van der Waals surface area contributed by atoms with Gasteiger partial charge in [0.2, 0.25) is 5.91 Å². The van der Waals surface area contributed by atoms with Gasteiger partial charge in [0, 0.05) is 32.4 Å². The van der Waals surface area contributed by atoms with Crippen LogP contribution in [-0.2, 0) is 16.0 Å². The largest absolute Gasteiger partial charge is 0.493 e. The van der Waals surface area contributed by atoms with Crippen molar-refractivity contribution in [3.8, 4) is 11.5 Å². The number of hydrogen-bond donors (Lipinski definition) is 2. The van der Waals surface area contributed by atoms with Gasteiger partial charge in [-0.2, -0.15) is 0 Å². The Kier molecular flexibility index (Phi) is 5.66. The van der Waals surface area contributed by atoms with Crippen molar-refractivity contribution in [2.45, 2.75) is 31.3 Å². The number of carbonyl (C=O) groups excluding carboxylic acids is 1. The number of aliphatic carboxylic acids is 1. The number of benzene rings is 1. The molecule has 0 spiro atoms. The molecular formula is C17H23NO6. The minimum Gasteiger partial charge on any atom is -0.493 e. The zero-order valence-electron chi connectivity index (χ0n) is 13.9. The van der Waals surface area contributed by atoms with E-state index in [-0.39, 0.29) is 31.8 Å². The molecule has 0 bridgehead atoms. The van der Waals surface area contributed by atoms with Gasteiger partial charge >= 0.3 is 5.97 Å². The van der Waals surface area contributed by atoms with Crippen LogP contribution in [0, 0.1) is 0 Å². The molecule has 0 radical (unpaired) electrons. The molecule has 0 saturated carbocycles. The molecular weight excluding hydrogens is 314 g/mol. The molecule has 2 N–H and O–H groups in total. The van der Waals surface area contributed by atoms with E-state index in [2.05, 4.69) is 0 Å². The second kappa shape index (κ2) is 7.53. The molecule has 2 rings (SSSR count). The van der Waals surface area contributed by atoms with E-state index >= 15 is 0 Å². The molecule has 132 valence electrons. The quantitative estimate of drug-likeness (QED) is 0.806. The van der Waals surface area contributed by atoms with Gasteiger partial charge in [-0.15, -0.1) is 0 Å². The number of hydrogen-bond acceptors (Lipinski definition) is 5. The van der Waals surface area contributed by atoms with E-state index in [1.165, 1.54) is 0 Å². The summed E-state index contributed by atoms with van der Waals surface area (Å²) in [6.07, 6.45) is 0.995. The highest BCUT2D eigenvalue weighted by Crippen LogP contribution is 2.28. The third kappa shape index (κ3) is 3.97. The van der Waals surface area contributed by atoms with E-state index in [4.69, 9.17) is 14.6 Å². The Labute approximate surface area is 140 Å². The van der Waals surface area contributed by atoms with Crippen molar-refractivity contribution < 1.29 is 29.3 Å². The summed E-state index contributed by atoms with van der Waals surface area (Å²) in [7, 11) is 3.12. The fourth-order valence-corrected chi connectivity index (χ4v) is 2.79. The van der Waals surface area contributed by atoms with Crippen LogP contribution in [0.1, 0.15) is 24.8 Å². The number of carbonyl (C=O) groups is 2. The predicted octanol–water partition coefficient (Wildman–Crippen LogP) is 1.07. The van der Waals surface area contributed by atoms with Crippen molar-refractivity contribution >= 4 is 11.9 Å². The van der Waals surface area contributed by atoms with Crippen LogP contribution in [0.4, 0.5) is 0 Å². The maximum absolute atomic E-state index is 12.3. The first kappa shape index (κ1) is 18.1. The first-order valence-electron chi connectivity index (χ1n) is 7.84. The number of carboxylic acids is 1. The third-order valence-corrected chi connectivity index (χ3v) is 4.42. The van der Waals surface area contributed by atoms with Gasteiger partial charge < -0.3 is 24.6 Å². The summed E-state index contributed by atoms with van der Waals surface area (Å²) in [6, 6.07) is 5.52. The van der Waals surface area contributed by atoms with Crippen LogP contribution < -0.4 is 9.47 Å². The first-order chi connectivity index (χ1) is 11.4. The number of likely N-dealkylation sites (tertiary alicyclic amines) is 1. The number of ether oxygens (including phenoxy) is 2. The molecule has 7 nitrogen and oxygen atoms in total. The van der Waals surface area contributed by atoms with Crippen molar-refractivity contribution in [3.05, 3.63) is 23.8 Å². The van der Waals surface area contributed by atoms with Crippen LogP contribution >= 0.6 is 0 Å². The average molecular weight is 337 g/mol. The summed E-state index contributed by atoms with van der Waals surface area (Å²) in [4.78, 5) is 24.9. The van der Waals surface area contributed by atoms with Crippen LogP contribution in [0.25, 0.3) is 0 Å². The van der Waals surface area contributed by atoms with Crippen LogP contribution in [0.2, 0.25) is 0 Å². The number of nitrogens with zero attached hydrogens (tertiary/aromatic N) is 1. The number of carboxylic acid groups (broad SMARTS) is 1. The summed E-state index contributed by atoms with van der Waals surface area (Å²) >= 11 is 0. The summed E-state index contributed by atoms with van der Waals surface area (Å²) < 4.78 is 10.4. The highest BCUT2D eigenvalue weighted by Gasteiger charge is 2.40. The number of piperidine rings is 1. The number of aryl methyl sites for hydroxylation is 1. The number of amides is 1. The Hall–Kier alpha value is -2.28. The van der Waals surface area contributed by atoms with Crippen LogP contribution in [0.3, 0.4) is 0 Å². The molecule has 1 aromatic rings.